The first-order valence-electron chi connectivity index (χ1n) is 11.4. The number of carbonyl (C=O) groups excluding carboxylic acids is 2. The van der Waals surface area contributed by atoms with Crippen molar-refractivity contribution >= 4 is 23.2 Å². The first-order chi connectivity index (χ1) is 17.4. The second-order valence-electron chi connectivity index (χ2n) is 8.35. The minimum Gasteiger partial charge on any atom is -0.495 e. The third-order valence-electron chi connectivity index (χ3n) is 6.01. The highest BCUT2D eigenvalue weighted by Gasteiger charge is 2.27. The van der Waals surface area contributed by atoms with E-state index in [1.807, 2.05) is 0 Å². The molecule has 0 atom stereocenters. The van der Waals surface area contributed by atoms with Crippen molar-refractivity contribution in [1.82, 2.24) is 9.78 Å². The van der Waals surface area contributed by atoms with E-state index in [1.54, 1.807) is 35.0 Å². The Hall–Kier alpha value is -4.53. The summed E-state index contributed by atoms with van der Waals surface area (Å²) in [6.45, 7) is 0. The zero-order valence-electron chi connectivity index (χ0n) is 19.3. The summed E-state index contributed by atoms with van der Waals surface area (Å²) in [6, 6.07) is 16.1. The van der Waals surface area contributed by atoms with Gasteiger partial charge in [-0.05, 0) is 79.9 Å². The largest absolute Gasteiger partial charge is 0.495 e. The lowest BCUT2D eigenvalue weighted by Gasteiger charge is -2.13. The molecular formula is C27H22F2N4O3. The maximum atomic E-state index is 13.5. The van der Waals surface area contributed by atoms with Crippen LogP contribution >= 0.6 is 0 Å². The Morgan fingerprint density at radius 1 is 0.917 bits per heavy atom. The Bertz CT molecular complexity index is 1460. The first-order valence-corrected chi connectivity index (χ1v) is 11.4. The maximum Gasteiger partial charge on any atom is 0.276 e. The van der Waals surface area contributed by atoms with Gasteiger partial charge in [0.05, 0.1) is 18.5 Å². The molecule has 2 N–H and O–H groups in total. The van der Waals surface area contributed by atoms with E-state index < -0.39 is 17.6 Å². The van der Waals surface area contributed by atoms with E-state index >= 15 is 0 Å². The number of nitrogens with zero attached hydrogens (tertiary/aromatic N) is 2. The number of nitrogens with one attached hydrogen (secondary N) is 2. The van der Waals surface area contributed by atoms with Gasteiger partial charge in [-0.15, -0.1) is 0 Å². The van der Waals surface area contributed by atoms with E-state index in [4.69, 9.17) is 4.74 Å². The zero-order valence-corrected chi connectivity index (χ0v) is 19.3. The fourth-order valence-corrected chi connectivity index (χ4v) is 4.31. The molecule has 3 aromatic carbocycles. The minimum absolute atomic E-state index is 0.147. The summed E-state index contributed by atoms with van der Waals surface area (Å²) in [6.07, 6.45) is 2.38. The molecule has 1 heterocycles. The molecule has 7 nitrogen and oxygen atoms in total. The summed E-state index contributed by atoms with van der Waals surface area (Å²) in [5.41, 5.74) is 3.65. The normalized spacial score (nSPS) is 12.2. The Kier molecular flexibility index (Phi) is 6.20. The van der Waals surface area contributed by atoms with Gasteiger partial charge in [-0.2, -0.15) is 5.10 Å². The number of methoxy groups -OCH3 is 1. The molecule has 0 bridgehead atoms. The lowest BCUT2D eigenvalue weighted by Crippen LogP contribution is -2.16. The zero-order chi connectivity index (χ0) is 25.2. The van der Waals surface area contributed by atoms with Gasteiger partial charge in [0, 0.05) is 22.5 Å². The second kappa shape index (κ2) is 9.61. The highest BCUT2D eigenvalue weighted by atomic mass is 19.1. The summed E-state index contributed by atoms with van der Waals surface area (Å²) in [4.78, 5) is 25.8. The van der Waals surface area contributed by atoms with Gasteiger partial charge in [0.1, 0.15) is 17.4 Å². The lowest BCUT2D eigenvalue weighted by molar-refractivity contribution is 0.101. The second-order valence-corrected chi connectivity index (χ2v) is 8.35. The van der Waals surface area contributed by atoms with E-state index in [9.17, 15) is 18.4 Å². The molecule has 1 aliphatic rings. The van der Waals surface area contributed by atoms with Crippen LogP contribution in [-0.2, 0) is 12.8 Å². The Morgan fingerprint density at radius 3 is 2.47 bits per heavy atom. The van der Waals surface area contributed by atoms with Gasteiger partial charge in [-0.1, -0.05) is 6.07 Å². The monoisotopic (exact) mass is 488 g/mol. The average molecular weight is 488 g/mol. The van der Waals surface area contributed by atoms with Crippen LogP contribution in [0, 0.1) is 11.6 Å². The van der Waals surface area contributed by atoms with Crippen LogP contribution < -0.4 is 15.4 Å². The standard InChI is InChI=1S/C27H22F2N4O3/c1-36-24-13-10-19(15-22(24)31-26(34)16-4-2-5-18(29)14-16)30-27(35)25-21-6-3-7-23(21)33(32-25)20-11-8-17(28)9-12-20/h2,4-5,8-15H,3,6-7H2,1H3,(H,30,35)(H,31,34). The van der Waals surface area contributed by atoms with Crippen LogP contribution in [0.3, 0.4) is 0 Å². The van der Waals surface area contributed by atoms with Crippen LogP contribution in [-0.4, -0.2) is 28.7 Å². The molecule has 4 aromatic rings. The molecule has 36 heavy (non-hydrogen) atoms. The van der Waals surface area contributed by atoms with Gasteiger partial charge < -0.3 is 15.4 Å². The maximum absolute atomic E-state index is 13.5. The van der Waals surface area contributed by atoms with Crippen molar-refractivity contribution in [3.63, 3.8) is 0 Å². The number of fused-ring (bicyclic) bond motifs is 1. The van der Waals surface area contributed by atoms with Gasteiger partial charge in [-0.25, -0.2) is 13.5 Å². The van der Waals surface area contributed by atoms with Crippen molar-refractivity contribution < 1.29 is 23.1 Å². The number of ether oxygens (including phenoxy) is 1. The van der Waals surface area contributed by atoms with Crippen LogP contribution in [0.1, 0.15) is 38.5 Å². The van der Waals surface area contributed by atoms with Crippen LogP contribution in [0.5, 0.6) is 5.75 Å². The number of rotatable bonds is 6. The molecule has 9 heteroatoms. The van der Waals surface area contributed by atoms with E-state index in [0.29, 0.717) is 28.5 Å². The van der Waals surface area contributed by atoms with E-state index in [0.717, 1.165) is 36.6 Å². The average Bonchev–Trinajstić information content (AvgIpc) is 3.48. The molecule has 0 unspecified atom stereocenters. The summed E-state index contributed by atoms with van der Waals surface area (Å²) in [5, 5.41) is 10.1. The van der Waals surface area contributed by atoms with E-state index in [2.05, 4.69) is 15.7 Å². The summed E-state index contributed by atoms with van der Waals surface area (Å²) >= 11 is 0. The van der Waals surface area contributed by atoms with E-state index in [1.165, 1.54) is 37.4 Å². The number of hydrogen-bond donors (Lipinski definition) is 2. The van der Waals surface area contributed by atoms with Gasteiger partial charge >= 0.3 is 0 Å². The number of anilines is 2. The molecule has 0 spiro atoms. The molecule has 0 saturated carbocycles. The molecular weight excluding hydrogens is 466 g/mol. The molecule has 2 amide bonds. The predicted molar refractivity (Wildman–Crippen MR) is 131 cm³/mol. The molecule has 0 aliphatic heterocycles. The summed E-state index contributed by atoms with van der Waals surface area (Å²) < 4.78 is 33.9. The van der Waals surface area contributed by atoms with Crippen LogP contribution in [0.2, 0.25) is 0 Å². The van der Waals surface area contributed by atoms with Crippen molar-refractivity contribution in [2.45, 2.75) is 19.3 Å². The van der Waals surface area contributed by atoms with Crippen molar-refractivity contribution in [1.29, 1.82) is 0 Å². The third kappa shape index (κ3) is 4.55. The van der Waals surface area contributed by atoms with Gasteiger partial charge in [0.2, 0.25) is 0 Å². The SMILES string of the molecule is COc1ccc(NC(=O)c2nn(-c3ccc(F)cc3)c3c2CCC3)cc1NC(=O)c1cccc(F)c1. The number of carbonyl (C=O) groups is 2. The molecule has 0 fully saturated rings. The number of benzene rings is 3. The van der Waals surface area contributed by atoms with Crippen molar-refractivity contribution in [3.8, 4) is 11.4 Å². The quantitative estimate of drug-likeness (QED) is 0.393. The Balaban J connectivity index is 1.40. The van der Waals surface area contributed by atoms with E-state index in [-0.39, 0.29) is 11.4 Å². The third-order valence-corrected chi connectivity index (χ3v) is 6.01. The van der Waals surface area contributed by atoms with Gasteiger partial charge in [-0.3, -0.25) is 9.59 Å². The summed E-state index contributed by atoms with van der Waals surface area (Å²) in [5.74, 6) is -1.42. The number of aromatic nitrogens is 2. The first kappa shape index (κ1) is 23.2. The molecule has 1 aromatic heterocycles. The van der Waals surface area contributed by atoms with Gasteiger partial charge in [0.25, 0.3) is 11.8 Å². The van der Waals surface area contributed by atoms with Crippen LogP contribution in [0.4, 0.5) is 20.2 Å². The fraction of sp³-hybridized carbons (Fsp3) is 0.148. The summed E-state index contributed by atoms with van der Waals surface area (Å²) in [7, 11) is 1.46. The highest BCUT2D eigenvalue weighted by Crippen LogP contribution is 2.31. The van der Waals surface area contributed by atoms with Crippen molar-refractivity contribution in [2.75, 3.05) is 17.7 Å². The fourth-order valence-electron chi connectivity index (χ4n) is 4.31. The topological polar surface area (TPSA) is 85.2 Å². The highest BCUT2D eigenvalue weighted by molar-refractivity contribution is 6.07. The molecule has 0 radical (unpaired) electrons. The van der Waals surface area contributed by atoms with Crippen LogP contribution in [0.25, 0.3) is 5.69 Å². The smallest absolute Gasteiger partial charge is 0.276 e. The minimum atomic E-state index is -0.525. The Morgan fingerprint density at radius 2 is 1.72 bits per heavy atom. The van der Waals surface area contributed by atoms with Crippen molar-refractivity contribution in [2.24, 2.45) is 0 Å². The molecule has 0 saturated heterocycles. The van der Waals surface area contributed by atoms with Gasteiger partial charge in [0.15, 0.2) is 5.69 Å². The predicted octanol–water partition coefficient (Wildman–Crippen LogP) is 5.15. The molecule has 182 valence electrons. The number of halogens is 2. The number of amides is 2. The number of hydrogen-bond acceptors (Lipinski definition) is 4. The molecule has 5 rings (SSSR count). The lowest BCUT2D eigenvalue weighted by atomic mass is 10.1. The Labute approximate surface area is 205 Å². The van der Waals surface area contributed by atoms with Crippen LogP contribution in [0.15, 0.2) is 66.7 Å². The van der Waals surface area contributed by atoms with Crippen molar-refractivity contribution in [3.05, 3.63) is 101 Å². The molecule has 1 aliphatic carbocycles.